The summed E-state index contributed by atoms with van der Waals surface area (Å²) < 4.78 is 19.1. The maximum atomic E-state index is 13.5. The van der Waals surface area contributed by atoms with E-state index in [4.69, 9.17) is 4.74 Å². The summed E-state index contributed by atoms with van der Waals surface area (Å²) >= 11 is 3.11. The minimum Gasteiger partial charge on any atom is -0.465 e. The van der Waals surface area contributed by atoms with Gasteiger partial charge in [-0.15, -0.1) is 0 Å². The summed E-state index contributed by atoms with van der Waals surface area (Å²) in [6.45, 7) is 2.11. The molecule has 0 saturated carbocycles. The Morgan fingerprint density at radius 3 is 3.00 bits per heavy atom. The van der Waals surface area contributed by atoms with E-state index in [0.717, 1.165) is 0 Å². The number of hydrogen-bond donors (Lipinski definition) is 1. The monoisotopic (exact) mass is 286 g/mol. The third-order valence-electron chi connectivity index (χ3n) is 1.99. The van der Waals surface area contributed by atoms with E-state index in [1.807, 2.05) is 0 Å². The predicted molar refractivity (Wildman–Crippen MR) is 61.2 cm³/mol. The van der Waals surface area contributed by atoms with E-state index in [1.165, 1.54) is 12.1 Å². The minimum absolute atomic E-state index is 0.00963. The van der Waals surface area contributed by atoms with E-state index >= 15 is 0 Å². The number of ether oxygens (including phenoxy) is 1. The number of halogens is 2. The first-order chi connectivity index (χ1) is 7.61. The second kappa shape index (κ2) is 4.21. The molecule has 1 aromatic carbocycles. The molecular formula is C10H8BrFN2O2. The van der Waals surface area contributed by atoms with Crippen molar-refractivity contribution in [1.82, 2.24) is 9.97 Å². The van der Waals surface area contributed by atoms with Gasteiger partial charge in [-0.05, 0) is 19.1 Å². The molecule has 0 spiro atoms. The fourth-order valence-electron chi connectivity index (χ4n) is 1.35. The molecule has 0 saturated heterocycles. The Kier molecular flexibility index (Phi) is 2.91. The lowest BCUT2D eigenvalue weighted by Gasteiger charge is -2.04. The van der Waals surface area contributed by atoms with Crippen LogP contribution in [-0.2, 0) is 0 Å². The van der Waals surface area contributed by atoms with Crippen LogP contribution >= 0.6 is 15.9 Å². The van der Waals surface area contributed by atoms with E-state index in [-0.39, 0.29) is 16.9 Å². The molecule has 1 N–H and O–H groups in total. The van der Waals surface area contributed by atoms with Crippen LogP contribution in [0.4, 0.5) is 4.39 Å². The maximum absolute atomic E-state index is 13.5. The summed E-state index contributed by atoms with van der Waals surface area (Å²) in [5.74, 6) is -0.559. The zero-order valence-electron chi connectivity index (χ0n) is 8.38. The molecule has 0 aliphatic carbocycles. The lowest BCUT2D eigenvalue weighted by Crippen LogP contribution is -2.11. The molecule has 0 aliphatic heterocycles. The molecule has 2 aromatic rings. The zero-order chi connectivity index (χ0) is 11.7. The summed E-state index contributed by atoms with van der Waals surface area (Å²) in [6, 6.07) is 2.80. The average molecular weight is 287 g/mol. The Hall–Kier alpha value is -1.43. The third kappa shape index (κ3) is 1.92. The smallest absolute Gasteiger partial charge is 0.297 e. The van der Waals surface area contributed by atoms with Crippen LogP contribution in [0.3, 0.4) is 0 Å². The van der Waals surface area contributed by atoms with Crippen LogP contribution in [0.2, 0.25) is 0 Å². The Morgan fingerprint density at radius 2 is 2.31 bits per heavy atom. The molecular weight excluding hydrogens is 279 g/mol. The number of H-pyrrole nitrogens is 1. The molecule has 4 nitrogen and oxygen atoms in total. The lowest BCUT2D eigenvalue weighted by molar-refractivity contribution is 0.313. The van der Waals surface area contributed by atoms with Crippen LogP contribution < -0.4 is 10.3 Å². The highest BCUT2D eigenvalue weighted by molar-refractivity contribution is 9.10. The van der Waals surface area contributed by atoms with Crippen LogP contribution in [0, 0.1) is 5.82 Å². The minimum atomic E-state index is -0.559. The summed E-state index contributed by atoms with van der Waals surface area (Å²) in [7, 11) is 0. The van der Waals surface area contributed by atoms with Crippen molar-refractivity contribution in [3.05, 3.63) is 32.8 Å². The van der Waals surface area contributed by atoms with Crippen molar-refractivity contribution in [2.75, 3.05) is 6.61 Å². The second-order valence-corrected chi connectivity index (χ2v) is 4.00. The van der Waals surface area contributed by atoms with Gasteiger partial charge in [0.05, 0.1) is 12.0 Å². The molecule has 2 rings (SSSR count). The number of nitrogens with one attached hydrogen (secondary N) is 1. The molecule has 0 bridgehead atoms. The first-order valence-corrected chi connectivity index (χ1v) is 5.43. The fourth-order valence-corrected chi connectivity index (χ4v) is 1.78. The number of nitrogens with zero attached hydrogens (tertiary/aromatic N) is 1. The van der Waals surface area contributed by atoms with Crippen LogP contribution in [0.5, 0.6) is 6.01 Å². The van der Waals surface area contributed by atoms with Crippen LogP contribution in [-0.4, -0.2) is 16.6 Å². The van der Waals surface area contributed by atoms with E-state index in [1.54, 1.807) is 6.92 Å². The van der Waals surface area contributed by atoms with Gasteiger partial charge in [-0.1, -0.05) is 15.9 Å². The fraction of sp³-hybridized carbons (Fsp3) is 0.200. The molecule has 1 heterocycles. The Labute approximate surface area is 98.6 Å². The van der Waals surface area contributed by atoms with Crippen molar-refractivity contribution in [2.24, 2.45) is 0 Å². The van der Waals surface area contributed by atoms with Gasteiger partial charge < -0.3 is 4.74 Å². The van der Waals surface area contributed by atoms with Gasteiger partial charge in [0.1, 0.15) is 5.52 Å². The van der Waals surface area contributed by atoms with Gasteiger partial charge in [0.25, 0.3) is 11.6 Å². The van der Waals surface area contributed by atoms with Crippen molar-refractivity contribution >= 4 is 26.8 Å². The van der Waals surface area contributed by atoms with Crippen molar-refractivity contribution in [3.63, 3.8) is 0 Å². The Morgan fingerprint density at radius 1 is 1.56 bits per heavy atom. The Bertz CT molecular complexity index is 597. The van der Waals surface area contributed by atoms with E-state index in [0.29, 0.717) is 11.1 Å². The second-order valence-electron chi connectivity index (χ2n) is 3.09. The van der Waals surface area contributed by atoms with Crippen molar-refractivity contribution in [2.45, 2.75) is 6.92 Å². The number of aromatic amines is 1. The lowest BCUT2D eigenvalue weighted by atomic mass is 10.2. The van der Waals surface area contributed by atoms with Gasteiger partial charge in [0.2, 0.25) is 0 Å². The molecule has 0 unspecified atom stereocenters. The molecule has 84 valence electrons. The van der Waals surface area contributed by atoms with Gasteiger partial charge in [-0.3, -0.25) is 9.78 Å². The summed E-state index contributed by atoms with van der Waals surface area (Å²) in [6.07, 6.45) is 0. The van der Waals surface area contributed by atoms with Gasteiger partial charge in [-0.25, -0.2) is 4.39 Å². The number of fused-ring (bicyclic) bond motifs is 1. The molecule has 0 atom stereocenters. The van der Waals surface area contributed by atoms with Crippen molar-refractivity contribution < 1.29 is 9.13 Å². The first-order valence-electron chi connectivity index (χ1n) is 4.63. The molecule has 0 amide bonds. The molecule has 1 aromatic heterocycles. The highest BCUT2D eigenvalue weighted by Gasteiger charge is 2.10. The van der Waals surface area contributed by atoms with Crippen LogP contribution in [0.25, 0.3) is 10.9 Å². The summed E-state index contributed by atoms with van der Waals surface area (Å²) in [5, 5.41) is 0.190. The quantitative estimate of drug-likeness (QED) is 0.921. The molecule has 0 aliphatic rings. The van der Waals surface area contributed by atoms with Crippen molar-refractivity contribution in [3.8, 4) is 6.01 Å². The summed E-state index contributed by atoms with van der Waals surface area (Å²) in [4.78, 5) is 17.9. The molecule has 0 fully saturated rings. The number of benzene rings is 1. The largest absolute Gasteiger partial charge is 0.465 e. The van der Waals surface area contributed by atoms with Gasteiger partial charge in [0, 0.05) is 4.47 Å². The van der Waals surface area contributed by atoms with E-state index < -0.39 is 11.4 Å². The van der Waals surface area contributed by atoms with Crippen molar-refractivity contribution in [1.29, 1.82) is 0 Å². The third-order valence-corrected chi connectivity index (χ3v) is 2.45. The standard InChI is InChI=1S/C10H8BrFN2O2/c1-2-16-10-13-8-6(9(15)14-10)3-5(11)4-7(8)12/h3-4H,2H2,1H3,(H,13,14,15). The highest BCUT2D eigenvalue weighted by atomic mass is 79.9. The molecule has 16 heavy (non-hydrogen) atoms. The maximum Gasteiger partial charge on any atom is 0.297 e. The SMILES string of the molecule is CCOc1nc2c(F)cc(Br)cc2c(=O)[nH]1. The average Bonchev–Trinajstić information content (AvgIpc) is 2.20. The predicted octanol–water partition coefficient (Wildman–Crippen LogP) is 2.22. The highest BCUT2D eigenvalue weighted by Crippen LogP contribution is 2.20. The number of rotatable bonds is 2. The van der Waals surface area contributed by atoms with Crippen LogP contribution in [0.1, 0.15) is 6.92 Å². The normalized spacial score (nSPS) is 10.7. The number of aromatic nitrogens is 2. The van der Waals surface area contributed by atoms with E-state index in [2.05, 4.69) is 25.9 Å². The number of hydrogen-bond acceptors (Lipinski definition) is 3. The molecule has 0 radical (unpaired) electrons. The van der Waals surface area contributed by atoms with Gasteiger partial charge >= 0.3 is 0 Å². The topological polar surface area (TPSA) is 55.0 Å². The zero-order valence-corrected chi connectivity index (χ0v) is 9.97. The van der Waals surface area contributed by atoms with E-state index in [9.17, 15) is 9.18 Å². The Balaban J connectivity index is 2.77. The molecule has 6 heteroatoms. The van der Waals surface area contributed by atoms with Gasteiger partial charge in [-0.2, -0.15) is 4.98 Å². The van der Waals surface area contributed by atoms with Gasteiger partial charge in [0.15, 0.2) is 5.82 Å². The summed E-state index contributed by atoms with van der Waals surface area (Å²) in [5.41, 5.74) is -0.413. The van der Waals surface area contributed by atoms with Crippen LogP contribution in [0.15, 0.2) is 21.4 Å². The first kappa shape index (κ1) is 11.1.